The van der Waals surface area contributed by atoms with Crippen molar-refractivity contribution in [2.75, 3.05) is 7.11 Å². The van der Waals surface area contributed by atoms with E-state index in [-0.39, 0.29) is 11.3 Å². The highest BCUT2D eigenvalue weighted by atomic mass is 28.3. The third-order valence-corrected chi connectivity index (χ3v) is 2.86. The Morgan fingerprint density at radius 1 is 1.35 bits per heavy atom. The summed E-state index contributed by atoms with van der Waals surface area (Å²) in [6.07, 6.45) is 0. The van der Waals surface area contributed by atoms with Crippen LogP contribution in [0, 0.1) is 11.5 Å². The molecule has 0 aliphatic heterocycles. The Morgan fingerprint density at radius 2 is 2.00 bits per heavy atom. The van der Waals surface area contributed by atoms with Gasteiger partial charge in [-0.1, -0.05) is 25.6 Å². The molecular formula is C13H16O3Si. The van der Waals surface area contributed by atoms with E-state index in [0.29, 0.717) is 5.56 Å². The molecule has 0 aromatic heterocycles. The van der Waals surface area contributed by atoms with Crippen molar-refractivity contribution < 1.29 is 14.6 Å². The minimum absolute atomic E-state index is 0.0979. The second-order valence-corrected chi connectivity index (χ2v) is 9.47. The van der Waals surface area contributed by atoms with Gasteiger partial charge in [-0.3, -0.25) is 0 Å². The van der Waals surface area contributed by atoms with Crippen molar-refractivity contribution in [3.05, 3.63) is 29.3 Å². The van der Waals surface area contributed by atoms with Gasteiger partial charge in [0.2, 0.25) is 0 Å². The van der Waals surface area contributed by atoms with E-state index in [4.69, 9.17) is 0 Å². The van der Waals surface area contributed by atoms with Crippen LogP contribution in [0.2, 0.25) is 19.6 Å². The molecule has 0 spiro atoms. The molecule has 0 atom stereocenters. The average molecular weight is 248 g/mol. The first kappa shape index (κ1) is 13.3. The maximum Gasteiger partial charge on any atom is 0.341 e. The lowest BCUT2D eigenvalue weighted by atomic mass is 10.1. The van der Waals surface area contributed by atoms with Crippen molar-refractivity contribution in [2.45, 2.75) is 19.6 Å². The highest BCUT2D eigenvalue weighted by Gasteiger charge is 2.11. The quantitative estimate of drug-likeness (QED) is 0.471. The first-order chi connectivity index (χ1) is 7.83. The number of benzene rings is 1. The molecular weight excluding hydrogens is 232 g/mol. The molecule has 0 bridgehead atoms. The summed E-state index contributed by atoms with van der Waals surface area (Å²) in [5, 5.41) is 9.67. The van der Waals surface area contributed by atoms with Crippen LogP contribution in [0.1, 0.15) is 15.9 Å². The monoisotopic (exact) mass is 248 g/mol. The van der Waals surface area contributed by atoms with E-state index in [9.17, 15) is 9.90 Å². The van der Waals surface area contributed by atoms with Crippen molar-refractivity contribution in [1.29, 1.82) is 0 Å². The Bertz CT molecular complexity index is 490. The van der Waals surface area contributed by atoms with Crippen molar-refractivity contribution in [1.82, 2.24) is 0 Å². The number of aromatic hydroxyl groups is 1. The van der Waals surface area contributed by atoms with Gasteiger partial charge in [-0.25, -0.2) is 4.79 Å². The van der Waals surface area contributed by atoms with Gasteiger partial charge in [-0.15, -0.1) is 5.54 Å². The van der Waals surface area contributed by atoms with Gasteiger partial charge < -0.3 is 9.84 Å². The minimum atomic E-state index is -1.43. The van der Waals surface area contributed by atoms with E-state index in [1.807, 2.05) is 0 Å². The molecule has 1 N–H and O–H groups in total. The largest absolute Gasteiger partial charge is 0.507 e. The van der Waals surface area contributed by atoms with Gasteiger partial charge in [0.15, 0.2) is 0 Å². The molecule has 1 rings (SSSR count). The van der Waals surface area contributed by atoms with Crippen LogP contribution in [-0.2, 0) is 4.74 Å². The predicted octanol–water partition coefficient (Wildman–Crippen LogP) is 2.41. The summed E-state index contributed by atoms with van der Waals surface area (Å²) in [7, 11) is -0.156. The Hall–Kier alpha value is -1.73. The molecule has 0 radical (unpaired) electrons. The Kier molecular flexibility index (Phi) is 3.97. The maximum absolute atomic E-state index is 11.3. The summed E-state index contributed by atoms with van der Waals surface area (Å²) < 4.78 is 4.54. The normalized spacial score (nSPS) is 10.4. The molecule has 0 saturated carbocycles. The van der Waals surface area contributed by atoms with Gasteiger partial charge in [0.05, 0.1) is 7.11 Å². The smallest absolute Gasteiger partial charge is 0.341 e. The summed E-state index contributed by atoms with van der Waals surface area (Å²) in [6.45, 7) is 6.42. The molecule has 17 heavy (non-hydrogen) atoms. The first-order valence-electron chi connectivity index (χ1n) is 5.28. The van der Waals surface area contributed by atoms with Gasteiger partial charge in [-0.05, 0) is 18.2 Å². The number of rotatable bonds is 1. The van der Waals surface area contributed by atoms with Gasteiger partial charge in [0.1, 0.15) is 19.4 Å². The van der Waals surface area contributed by atoms with Crippen LogP contribution in [-0.4, -0.2) is 26.3 Å². The number of carbonyl (C=O) groups excluding carboxylic acids is 1. The molecule has 3 nitrogen and oxygen atoms in total. The second kappa shape index (κ2) is 5.06. The fourth-order valence-corrected chi connectivity index (χ4v) is 1.67. The number of esters is 1. The molecule has 0 unspecified atom stereocenters. The molecule has 4 heteroatoms. The zero-order chi connectivity index (χ0) is 13.1. The molecule has 90 valence electrons. The fourth-order valence-electron chi connectivity index (χ4n) is 1.15. The average Bonchev–Trinajstić information content (AvgIpc) is 2.24. The zero-order valence-electron chi connectivity index (χ0n) is 10.5. The predicted molar refractivity (Wildman–Crippen MR) is 69.7 cm³/mol. The number of methoxy groups -OCH3 is 1. The molecule has 0 heterocycles. The van der Waals surface area contributed by atoms with E-state index in [2.05, 4.69) is 35.8 Å². The number of ether oxygens (including phenoxy) is 1. The molecule has 0 amide bonds. The van der Waals surface area contributed by atoms with Gasteiger partial charge >= 0.3 is 5.97 Å². The highest BCUT2D eigenvalue weighted by molar-refractivity contribution is 6.83. The van der Waals surface area contributed by atoms with Crippen LogP contribution in [0.5, 0.6) is 5.75 Å². The number of phenolic OH excluding ortho intramolecular Hbond substituents is 1. The number of hydrogen-bond donors (Lipinski definition) is 1. The molecule has 0 saturated heterocycles. The van der Waals surface area contributed by atoms with E-state index < -0.39 is 14.0 Å². The lowest BCUT2D eigenvalue weighted by Gasteiger charge is -2.04. The van der Waals surface area contributed by atoms with Crippen molar-refractivity contribution in [3.8, 4) is 17.2 Å². The number of phenols is 1. The van der Waals surface area contributed by atoms with Crippen LogP contribution in [0.3, 0.4) is 0 Å². The van der Waals surface area contributed by atoms with E-state index in [1.165, 1.54) is 19.2 Å². The summed E-state index contributed by atoms with van der Waals surface area (Å²) >= 11 is 0. The van der Waals surface area contributed by atoms with E-state index in [1.54, 1.807) is 6.07 Å². The topological polar surface area (TPSA) is 46.5 Å². The summed E-state index contributed by atoms with van der Waals surface area (Å²) in [4.78, 5) is 11.3. The van der Waals surface area contributed by atoms with Crippen LogP contribution in [0.15, 0.2) is 18.2 Å². The Morgan fingerprint density at radius 3 is 2.47 bits per heavy atom. The lowest BCUT2D eigenvalue weighted by Crippen LogP contribution is -2.16. The Labute approximate surface area is 102 Å². The maximum atomic E-state index is 11.3. The third kappa shape index (κ3) is 3.97. The van der Waals surface area contributed by atoms with Gasteiger partial charge in [0.25, 0.3) is 0 Å². The van der Waals surface area contributed by atoms with Crippen molar-refractivity contribution in [2.24, 2.45) is 0 Å². The molecule has 0 fully saturated rings. The highest BCUT2D eigenvalue weighted by Crippen LogP contribution is 2.19. The third-order valence-electron chi connectivity index (χ3n) is 1.98. The number of carbonyl (C=O) groups is 1. The molecule has 1 aromatic rings. The van der Waals surface area contributed by atoms with Crippen molar-refractivity contribution >= 4 is 14.0 Å². The second-order valence-electron chi connectivity index (χ2n) is 4.72. The van der Waals surface area contributed by atoms with E-state index >= 15 is 0 Å². The molecule has 1 aromatic carbocycles. The van der Waals surface area contributed by atoms with Crippen LogP contribution >= 0.6 is 0 Å². The Balaban J connectivity index is 3.04. The summed E-state index contributed by atoms with van der Waals surface area (Å²) in [5.41, 5.74) is 4.05. The van der Waals surface area contributed by atoms with Crippen molar-refractivity contribution in [3.63, 3.8) is 0 Å². The number of hydrogen-bond acceptors (Lipinski definition) is 3. The first-order valence-corrected chi connectivity index (χ1v) is 8.78. The van der Waals surface area contributed by atoms with Gasteiger partial charge in [0, 0.05) is 5.56 Å². The standard InChI is InChI=1S/C13H16O3Si/c1-16-13(15)11-6-5-10(9-12(11)14)7-8-17(2,3)4/h5-6,9,14H,1-4H3. The minimum Gasteiger partial charge on any atom is -0.507 e. The van der Waals surface area contributed by atoms with Crippen LogP contribution < -0.4 is 0 Å². The zero-order valence-corrected chi connectivity index (χ0v) is 11.5. The summed E-state index contributed by atoms with van der Waals surface area (Å²) in [5.74, 6) is 2.36. The molecule has 0 aliphatic carbocycles. The van der Waals surface area contributed by atoms with E-state index in [0.717, 1.165) is 0 Å². The molecule has 0 aliphatic rings. The van der Waals surface area contributed by atoms with Crippen LogP contribution in [0.4, 0.5) is 0 Å². The summed E-state index contributed by atoms with van der Waals surface area (Å²) in [6, 6.07) is 4.72. The SMILES string of the molecule is COC(=O)c1ccc(C#C[Si](C)(C)C)cc1O. The lowest BCUT2D eigenvalue weighted by molar-refractivity contribution is 0.0597. The fraction of sp³-hybridized carbons (Fsp3) is 0.308. The van der Waals surface area contributed by atoms with Crippen LogP contribution in [0.25, 0.3) is 0 Å². The van der Waals surface area contributed by atoms with Gasteiger partial charge in [-0.2, -0.15) is 0 Å².